The highest BCUT2D eigenvalue weighted by Crippen LogP contribution is 2.45. The first-order valence-electron chi connectivity index (χ1n) is 6.38. The van der Waals surface area contributed by atoms with E-state index in [4.69, 9.17) is 9.46 Å². The molecule has 5 heteroatoms. The van der Waals surface area contributed by atoms with Crippen molar-refractivity contribution in [1.82, 2.24) is 0 Å². The first kappa shape index (κ1) is 14.1. The van der Waals surface area contributed by atoms with Crippen LogP contribution in [0.1, 0.15) is 12.5 Å². The fourth-order valence-electron chi connectivity index (χ4n) is 2.37. The lowest BCUT2D eigenvalue weighted by Crippen LogP contribution is -2.44. The highest BCUT2D eigenvalue weighted by Gasteiger charge is 2.49. The summed E-state index contributed by atoms with van der Waals surface area (Å²) >= 11 is 0. The van der Waals surface area contributed by atoms with E-state index in [1.807, 2.05) is 43.1 Å². The third-order valence-electron chi connectivity index (χ3n) is 3.31. The van der Waals surface area contributed by atoms with Crippen LogP contribution < -0.4 is 4.90 Å². The Morgan fingerprint density at radius 3 is 2.53 bits per heavy atom. The predicted molar refractivity (Wildman–Crippen MR) is 77.1 cm³/mol. The molecular formula is C14H20N2O2Si. The van der Waals surface area contributed by atoms with Gasteiger partial charge in [0.1, 0.15) is 0 Å². The standard InChI is InChI=1S/C14H20N2O2Si/c1-14(17-18-19(3,4)5)11-8-6-7-9-12(11)16(2)13(14)10-15/h6-9,13H,1-5H3. The minimum atomic E-state index is -1.81. The van der Waals surface area contributed by atoms with Gasteiger partial charge in [0, 0.05) is 18.3 Å². The normalized spacial score (nSPS) is 26.1. The summed E-state index contributed by atoms with van der Waals surface area (Å²) in [4.78, 5) is 7.70. The topological polar surface area (TPSA) is 45.5 Å². The summed E-state index contributed by atoms with van der Waals surface area (Å²) in [5.41, 5.74) is 1.28. The molecule has 0 saturated heterocycles. The zero-order valence-corrected chi connectivity index (χ0v) is 13.1. The quantitative estimate of drug-likeness (QED) is 0.483. The Hall–Kier alpha value is -1.35. The van der Waals surface area contributed by atoms with Crippen molar-refractivity contribution in [1.29, 1.82) is 5.26 Å². The lowest BCUT2D eigenvalue weighted by Gasteiger charge is -2.31. The molecule has 1 aromatic carbocycles. The Bertz CT molecular complexity index is 521. The average Bonchev–Trinajstić information content (AvgIpc) is 2.57. The van der Waals surface area contributed by atoms with E-state index in [1.54, 1.807) is 0 Å². The number of nitriles is 1. The van der Waals surface area contributed by atoms with Gasteiger partial charge in [0.05, 0.1) is 6.07 Å². The molecule has 0 saturated carbocycles. The molecule has 0 N–H and O–H groups in total. The Morgan fingerprint density at radius 1 is 1.32 bits per heavy atom. The van der Waals surface area contributed by atoms with Crippen molar-refractivity contribution in [2.45, 2.75) is 38.2 Å². The van der Waals surface area contributed by atoms with Crippen LogP contribution in [-0.4, -0.2) is 21.4 Å². The van der Waals surface area contributed by atoms with Gasteiger partial charge in [0.2, 0.25) is 8.32 Å². The molecule has 19 heavy (non-hydrogen) atoms. The molecule has 0 amide bonds. The van der Waals surface area contributed by atoms with Gasteiger partial charge in [-0.25, -0.2) is 4.89 Å². The summed E-state index contributed by atoms with van der Waals surface area (Å²) in [5.74, 6) is 0. The van der Waals surface area contributed by atoms with Crippen molar-refractivity contribution in [3.05, 3.63) is 29.8 Å². The van der Waals surface area contributed by atoms with Gasteiger partial charge in [-0.05, 0) is 32.6 Å². The monoisotopic (exact) mass is 276 g/mol. The van der Waals surface area contributed by atoms with Crippen LogP contribution in [0.5, 0.6) is 0 Å². The van der Waals surface area contributed by atoms with E-state index in [0.29, 0.717) is 0 Å². The molecule has 1 aliphatic rings. The maximum atomic E-state index is 9.46. The van der Waals surface area contributed by atoms with Gasteiger partial charge in [0.25, 0.3) is 0 Å². The number of rotatable bonds is 3. The van der Waals surface area contributed by atoms with Gasteiger partial charge >= 0.3 is 0 Å². The summed E-state index contributed by atoms with van der Waals surface area (Å²) in [6.07, 6.45) is 0. The van der Waals surface area contributed by atoms with Crippen LogP contribution >= 0.6 is 0 Å². The van der Waals surface area contributed by atoms with Crippen molar-refractivity contribution in [3.8, 4) is 6.07 Å². The molecule has 102 valence electrons. The summed E-state index contributed by atoms with van der Waals surface area (Å²) in [6.45, 7) is 8.09. The SMILES string of the molecule is CN1c2ccccc2C(C)(OO[Si](C)(C)C)C1C#N. The number of likely N-dealkylation sites (N-methyl/N-ethyl adjacent to an activating group) is 1. The lowest BCUT2D eigenvalue weighted by atomic mass is 9.92. The van der Waals surface area contributed by atoms with Gasteiger partial charge < -0.3 is 4.90 Å². The lowest BCUT2D eigenvalue weighted by molar-refractivity contribution is -0.301. The highest BCUT2D eigenvalue weighted by atomic mass is 28.4. The molecule has 0 radical (unpaired) electrons. The van der Waals surface area contributed by atoms with Gasteiger partial charge in [-0.3, -0.25) is 4.58 Å². The maximum absolute atomic E-state index is 9.46. The molecule has 4 nitrogen and oxygen atoms in total. The Kier molecular flexibility index (Phi) is 3.43. The molecule has 0 aromatic heterocycles. The number of anilines is 1. The van der Waals surface area contributed by atoms with E-state index in [-0.39, 0.29) is 6.04 Å². The molecular weight excluding hydrogens is 256 g/mol. The fraction of sp³-hybridized carbons (Fsp3) is 0.500. The van der Waals surface area contributed by atoms with Gasteiger partial charge in [-0.1, -0.05) is 18.2 Å². The van der Waals surface area contributed by atoms with E-state index in [0.717, 1.165) is 11.3 Å². The molecule has 1 aromatic rings. The Morgan fingerprint density at radius 2 is 1.95 bits per heavy atom. The summed E-state index contributed by atoms with van der Waals surface area (Å²) < 4.78 is 5.61. The van der Waals surface area contributed by atoms with Gasteiger partial charge in [0.15, 0.2) is 11.6 Å². The third-order valence-corrected chi connectivity index (χ3v) is 3.90. The first-order valence-corrected chi connectivity index (χ1v) is 9.79. The second-order valence-electron chi connectivity index (χ2n) is 6.05. The minimum Gasteiger partial charge on any atom is -0.356 e. The maximum Gasteiger partial charge on any atom is 0.230 e. The third kappa shape index (κ3) is 2.39. The second kappa shape index (κ2) is 4.64. The molecule has 2 rings (SSSR count). The van der Waals surface area contributed by atoms with Crippen LogP contribution in [0.4, 0.5) is 5.69 Å². The van der Waals surface area contributed by atoms with E-state index >= 15 is 0 Å². The highest BCUT2D eigenvalue weighted by molar-refractivity contribution is 6.69. The zero-order valence-electron chi connectivity index (χ0n) is 12.1. The van der Waals surface area contributed by atoms with Gasteiger partial charge in [-0.2, -0.15) is 5.26 Å². The predicted octanol–water partition coefficient (Wildman–Crippen LogP) is 3.03. The van der Waals surface area contributed by atoms with Crippen LogP contribution in [0.2, 0.25) is 19.6 Å². The Labute approximate surface area is 115 Å². The molecule has 0 spiro atoms. The Balaban J connectivity index is 2.39. The average molecular weight is 276 g/mol. The smallest absolute Gasteiger partial charge is 0.230 e. The van der Waals surface area contributed by atoms with E-state index in [2.05, 4.69) is 25.7 Å². The number of para-hydroxylation sites is 1. The van der Waals surface area contributed by atoms with Crippen LogP contribution in [0.3, 0.4) is 0 Å². The summed E-state index contributed by atoms with van der Waals surface area (Å²) in [7, 11) is 0.105. The number of benzene rings is 1. The molecule has 1 heterocycles. The second-order valence-corrected chi connectivity index (χ2v) is 10.4. The van der Waals surface area contributed by atoms with Crippen molar-refractivity contribution in [2.24, 2.45) is 0 Å². The number of fused-ring (bicyclic) bond motifs is 1. The van der Waals surface area contributed by atoms with Gasteiger partial charge in [-0.15, -0.1) is 0 Å². The molecule has 1 aliphatic heterocycles. The summed E-state index contributed by atoms with van der Waals surface area (Å²) in [6, 6.07) is 9.86. The number of nitrogens with zero attached hydrogens (tertiary/aromatic N) is 2. The van der Waals surface area contributed by atoms with E-state index < -0.39 is 13.9 Å². The largest absolute Gasteiger partial charge is 0.356 e. The molecule has 0 bridgehead atoms. The van der Waals surface area contributed by atoms with E-state index in [9.17, 15) is 5.26 Å². The van der Waals surface area contributed by atoms with Crippen LogP contribution in [0.15, 0.2) is 24.3 Å². The minimum absolute atomic E-state index is 0.388. The van der Waals surface area contributed by atoms with Crippen LogP contribution in [-0.2, 0) is 15.1 Å². The molecule has 2 unspecified atom stereocenters. The van der Waals surface area contributed by atoms with Crippen molar-refractivity contribution in [2.75, 3.05) is 11.9 Å². The van der Waals surface area contributed by atoms with E-state index in [1.165, 1.54) is 0 Å². The number of hydrogen-bond acceptors (Lipinski definition) is 4. The molecule has 0 fully saturated rings. The van der Waals surface area contributed by atoms with Crippen molar-refractivity contribution in [3.63, 3.8) is 0 Å². The fourth-order valence-corrected chi connectivity index (χ4v) is 2.79. The number of hydrogen-bond donors (Lipinski definition) is 0. The van der Waals surface area contributed by atoms with Crippen molar-refractivity contribution >= 4 is 14.0 Å². The summed E-state index contributed by atoms with van der Waals surface area (Å²) in [5, 5.41) is 9.46. The van der Waals surface area contributed by atoms with Crippen LogP contribution in [0.25, 0.3) is 0 Å². The van der Waals surface area contributed by atoms with Crippen LogP contribution in [0, 0.1) is 11.3 Å². The zero-order chi connectivity index (χ0) is 14.3. The molecule has 0 aliphatic carbocycles. The molecule has 2 atom stereocenters. The first-order chi connectivity index (χ1) is 8.79. The van der Waals surface area contributed by atoms with Crippen molar-refractivity contribution < 1.29 is 9.46 Å².